The molecule has 23 heavy (non-hydrogen) atoms. The van der Waals surface area contributed by atoms with E-state index in [0.717, 1.165) is 29.9 Å². The molecule has 1 fully saturated rings. The summed E-state index contributed by atoms with van der Waals surface area (Å²) in [6.45, 7) is 2.09. The fourth-order valence-electron chi connectivity index (χ4n) is 3.75. The summed E-state index contributed by atoms with van der Waals surface area (Å²) in [6, 6.07) is 4.14. The third-order valence-corrected chi connectivity index (χ3v) is 5.05. The van der Waals surface area contributed by atoms with E-state index in [0.29, 0.717) is 5.92 Å². The number of hydrogen-bond donors (Lipinski definition) is 1. The number of H-pyrrole nitrogens is 1. The van der Waals surface area contributed by atoms with Gasteiger partial charge < -0.3 is 9.72 Å². The largest absolute Gasteiger partial charge is 0.497 e. The van der Waals surface area contributed by atoms with Gasteiger partial charge in [-0.05, 0) is 48.5 Å². The van der Waals surface area contributed by atoms with E-state index in [1.807, 2.05) is 24.3 Å². The van der Waals surface area contributed by atoms with Crippen LogP contribution >= 0.6 is 0 Å². The number of aromatic amines is 1. The molecule has 1 saturated carbocycles. The summed E-state index contributed by atoms with van der Waals surface area (Å²) in [4.78, 5) is 15.3. The second-order valence-electron chi connectivity index (χ2n) is 6.49. The van der Waals surface area contributed by atoms with Gasteiger partial charge >= 0.3 is 0 Å². The number of allylic oxidation sites excluding steroid dienone is 3. The third-order valence-electron chi connectivity index (χ3n) is 5.05. The maximum absolute atomic E-state index is 12.4. The second kappa shape index (κ2) is 6.45. The molecule has 3 rings (SSSR count). The Balaban J connectivity index is 2.04. The van der Waals surface area contributed by atoms with Gasteiger partial charge in [-0.15, -0.1) is 0 Å². The molecule has 1 heterocycles. The molecular formula is C19H22N2O2. The van der Waals surface area contributed by atoms with Gasteiger partial charge in [0, 0.05) is 11.6 Å². The van der Waals surface area contributed by atoms with Crippen molar-refractivity contribution in [3.8, 4) is 6.07 Å². The molecule has 0 radical (unpaired) electrons. The first-order valence-electron chi connectivity index (χ1n) is 8.25. The highest BCUT2D eigenvalue weighted by Crippen LogP contribution is 2.37. The first kappa shape index (κ1) is 15.6. The van der Waals surface area contributed by atoms with E-state index in [2.05, 4.69) is 18.0 Å². The molecule has 0 amide bonds. The number of methoxy groups -OCH3 is 1. The van der Waals surface area contributed by atoms with Crippen molar-refractivity contribution in [3.63, 3.8) is 0 Å². The van der Waals surface area contributed by atoms with Crippen molar-refractivity contribution < 1.29 is 4.74 Å². The van der Waals surface area contributed by atoms with Crippen LogP contribution in [0.2, 0.25) is 0 Å². The Morgan fingerprint density at radius 3 is 2.70 bits per heavy atom. The minimum atomic E-state index is -0.256. The van der Waals surface area contributed by atoms with Crippen molar-refractivity contribution in [2.45, 2.75) is 44.4 Å². The summed E-state index contributed by atoms with van der Waals surface area (Å²) >= 11 is 0. The summed E-state index contributed by atoms with van der Waals surface area (Å²) in [5.74, 6) is 1.46. The number of nitriles is 1. The Labute approximate surface area is 136 Å². The van der Waals surface area contributed by atoms with Gasteiger partial charge in [0.1, 0.15) is 17.4 Å². The maximum atomic E-state index is 12.4. The quantitative estimate of drug-likeness (QED) is 0.925. The zero-order chi connectivity index (χ0) is 16.4. The van der Waals surface area contributed by atoms with Crippen molar-refractivity contribution in [1.82, 2.24) is 4.98 Å². The predicted octanol–water partition coefficient (Wildman–Crippen LogP) is 3.72. The standard InChI is InChI=1S/C19H22N2O2/c1-12-9-14(23-2)7-8-15(12)16-10-18(13-5-3-4-6-13)21-19(22)17(16)11-20/h7-10,12-13,15H,3-6H2,1-2H3,(H,21,22). The van der Waals surface area contributed by atoms with Crippen LogP contribution < -0.4 is 5.56 Å². The highest BCUT2D eigenvalue weighted by Gasteiger charge is 2.26. The summed E-state index contributed by atoms with van der Waals surface area (Å²) < 4.78 is 5.27. The first-order valence-corrected chi connectivity index (χ1v) is 8.25. The van der Waals surface area contributed by atoms with Gasteiger partial charge in [-0.3, -0.25) is 4.79 Å². The highest BCUT2D eigenvalue weighted by atomic mass is 16.5. The summed E-state index contributed by atoms with van der Waals surface area (Å²) in [5.41, 5.74) is 1.81. The van der Waals surface area contributed by atoms with Gasteiger partial charge in [0.2, 0.25) is 0 Å². The molecule has 120 valence electrons. The zero-order valence-corrected chi connectivity index (χ0v) is 13.6. The van der Waals surface area contributed by atoms with Gasteiger partial charge in [-0.25, -0.2) is 0 Å². The molecule has 2 unspecified atom stereocenters. The van der Waals surface area contributed by atoms with Crippen LogP contribution in [0.25, 0.3) is 0 Å². The van der Waals surface area contributed by atoms with Gasteiger partial charge in [0.15, 0.2) is 0 Å². The van der Waals surface area contributed by atoms with Gasteiger partial charge in [-0.2, -0.15) is 5.26 Å². The fraction of sp³-hybridized carbons (Fsp3) is 0.474. The van der Waals surface area contributed by atoms with Gasteiger partial charge in [0.05, 0.1) is 7.11 Å². The van der Waals surface area contributed by atoms with Crippen LogP contribution in [0.5, 0.6) is 0 Å². The Morgan fingerprint density at radius 2 is 2.09 bits per heavy atom. The Bertz CT molecular complexity index is 746. The normalized spacial score (nSPS) is 24.3. The molecule has 0 aromatic carbocycles. The van der Waals surface area contributed by atoms with E-state index >= 15 is 0 Å². The zero-order valence-electron chi connectivity index (χ0n) is 13.6. The number of nitrogens with zero attached hydrogens (tertiary/aromatic N) is 1. The van der Waals surface area contributed by atoms with E-state index in [4.69, 9.17) is 4.74 Å². The fourth-order valence-corrected chi connectivity index (χ4v) is 3.75. The molecule has 0 bridgehead atoms. The summed E-state index contributed by atoms with van der Waals surface area (Å²) in [7, 11) is 1.65. The molecular weight excluding hydrogens is 288 g/mol. The van der Waals surface area contributed by atoms with E-state index in [1.165, 1.54) is 12.8 Å². The molecule has 2 atom stereocenters. The van der Waals surface area contributed by atoms with Crippen molar-refractivity contribution in [2.24, 2.45) is 5.92 Å². The van der Waals surface area contributed by atoms with E-state index in [9.17, 15) is 10.1 Å². The lowest BCUT2D eigenvalue weighted by atomic mass is 9.81. The van der Waals surface area contributed by atoms with Crippen molar-refractivity contribution in [1.29, 1.82) is 5.26 Å². The molecule has 0 spiro atoms. The van der Waals surface area contributed by atoms with Crippen LogP contribution in [0.15, 0.2) is 34.8 Å². The molecule has 2 aliphatic rings. The van der Waals surface area contributed by atoms with Crippen molar-refractivity contribution in [2.75, 3.05) is 7.11 Å². The molecule has 0 aliphatic heterocycles. The smallest absolute Gasteiger partial charge is 0.266 e. The molecule has 2 aliphatic carbocycles. The van der Waals surface area contributed by atoms with E-state index in [1.54, 1.807) is 7.11 Å². The lowest BCUT2D eigenvalue weighted by molar-refractivity contribution is 0.299. The van der Waals surface area contributed by atoms with Crippen LogP contribution in [0.4, 0.5) is 0 Å². The molecule has 4 heteroatoms. The lowest BCUT2D eigenvalue weighted by Gasteiger charge is -2.24. The second-order valence-corrected chi connectivity index (χ2v) is 6.49. The summed E-state index contributed by atoms with van der Waals surface area (Å²) in [5, 5.41) is 9.44. The van der Waals surface area contributed by atoms with Crippen LogP contribution in [0, 0.1) is 17.2 Å². The van der Waals surface area contributed by atoms with Crippen molar-refractivity contribution >= 4 is 0 Å². The van der Waals surface area contributed by atoms with Gasteiger partial charge in [-0.1, -0.05) is 25.8 Å². The van der Waals surface area contributed by atoms with Crippen LogP contribution in [-0.2, 0) is 4.74 Å². The Hall–Kier alpha value is -2.28. The van der Waals surface area contributed by atoms with Crippen molar-refractivity contribution in [3.05, 3.63) is 57.2 Å². The molecule has 1 aromatic heterocycles. The van der Waals surface area contributed by atoms with E-state index < -0.39 is 0 Å². The number of aromatic nitrogens is 1. The molecule has 1 N–H and O–H groups in total. The number of nitrogens with one attached hydrogen (secondary N) is 1. The Morgan fingerprint density at radius 1 is 1.35 bits per heavy atom. The van der Waals surface area contributed by atoms with Crippen LogP contribution in [-0.4, -0.2) is 12.1 Å². The van der Waals surface area contributed by atoms with Gasteiger partial charge in [0.25, 0.3) is 5.56 Å². The predicted molar refractivity (Wildman–Crippen MR) is 89.1 cm³/mol. The molecule has 4 nitrogen and oxygen atoms in total. The molecule has 1 aromatic rings. The number of pyridine rings is 1. The average molecular weight is 310 g/mol. The third kappa shape index (κ3) is 2.96. The topological polar surface area (TPSA) is 65.9 Å². The minimum Gasteiger partial charge on any atom is -0.497 e. The summed E-state index contributed by atoms with van der Waals surface area (Å²) in [6.07, 6.45) is 10.7. The first-order chi connectivity index (χ1) is 11.1. The lowest BCUT2D eigenvalue weighted by Crippen LogP contribution is -2.21. The number of hydrogen-bond acceptors (Lipinski definition) is 3. The van der Waals surface area contributed by atoms with E-state index in [-0.39, 0.29) is 23.0 Å². The number of rotatable bonds is 3. The minimum absolute atomic E-state index is 0.0333. The van der Waals surface area contributed by atoms with Crippen LogP contribution in [0.1, 0.15) is 61.3 Å². The Kier molecular flexibility index (Phi) is 4.38. The number of ether oxygens (including phenoxy) is 1. The highest BCUT2D eigenvalue weighted by molar-refractivity contribution is 5.44. The maximum Gasteiger partial charge on any atom is 0.266 e. The SMILES string of the molecule is COC1=CC(C)C(c2cc(C3CCCC3)[nH]c(=O)c2C#N)C=C1. The molecule has 0 saturated heterocycles. The monoisotopic (exact) mass is 310 g/mol. The van der Waals surface area contributed by atoms with Crippen LogP contribution in [0.3, 0.4) is 0 Å². The average Bonchev–Trinajstić information content (AvgIpc) is 3.08.